The van der Waals surface area contributed by atoms with Gasteiger partial charge in [-0.2, -0.15) is 0 Å². The fraction of sp³-hybridized carbons (Fsp3) is 0.214. The highest BCUT2D eigenvalue weighted by Gasteiger charge is 2.13. The maximum atomic E-state index is 10.4. The van der Waals surface area contributed by atoms with Crippen molar-refractivity contribution >= 4 is 15.9 Å². The van der Waals surface area contributed by atoms with Gasteiger partial charge in [-0.3, -0.25) is 4.98 Å². The molecule has 0 bridgehead atoms. The van der Waals surface area contributed by atoms with Crippen LogP contribution in [-0.2, 0) is 0 Å². The molecule has 1 heterocycles. The number of pyridine rings is 1. The van der Waals surface area contributed by atoms with Crippen LogP contribution < -0.4 is 0 Å². The number of hydrogen-bond donors (Lipinski definition) is 1. The molecule has 1 aromatic carbocycles. The number of hydrogen-bond acceptors (Lipinski definition) is 2. The standard InChI is InChI=1S/C14H14BrNO/c1-9-5-11(8-16-7-9)14(17)13-6-12(15)4-3-10(13)2/h3-8,14,17H,1-2H3. The van der Waals surface area contributed by atoms with E-state index in [0.29, 0.717) is 0 Å². The van der Waals surface area contributed by atoms with Gasteiger partial charge >= 0.3 is 0 Å². The van der Waals surface area contributed by atoms with Crippen molar-refractivity contribution in [3.8, 4) is 0 Å². The molecule has 2 rings (SSSR count). The summed E-state index contributed by atoms with van der Waals surface area (Å²) in [5.74, 6) is 0. The first kappa shape index (κ1) is 12.3. The van der Waals surface area contributed by atoms with E-state index in [9.17, 15) is 5.11 Å². The summed E-state index contributed by atoms with van der Waals surface area (Å²) in [6.07, 6.45) is 2.86. The molecule has 0 aliphatic heterocycles. The second-order valence-electron chi connectivity index (χ2n) is 4.20. The lowest BCUT2D eigenvalue weighted by Gasteiger charge is -2.14. The number of aromatic nitrogens is 1. The second kappa shape index (κ2) is 4.98. The SMILES string of the molecule is Cc1cncc(C(O)c2cc(Br)ccc2C)c1. The van der Waals surface area contributed by atoms with Crippen LogP contribution in [0, 0.1) is 13.8 Å². The van der Waals surface area contributed by atoms with Gasteiger partial charge < -0.3 is 5.11 Å². The number of aliphatic hydroxyl groups is 1. The van der Waals surface area contributed by atoms with E-state index in [2.05, 4.69) is 20.9 Å². The molecule has 0 fully saturated rings. The Kier molecular flexibility index (Phi) is 3.60. The molecule has 1 N–H and O–H groups in total. The maximum absolute atomic E-state index is 10.4. The quantitative estimate of drug-likeness (QED) is 0.918. The van der Waals surface area contributed by atoms with E-state index in [4.69, 9.17) is 0 Å². The van der Waals surface area contributed by atoms with E-state index < -0.39 is 6.10 Å². The summed E-state index contributed by atoms with van der Waals surface area (Å²) >= 11 is 3.42. The molecule has 0 amide bonds. The van der Waals surface area contributed by atoms with Crippen molar-refractivity contribution in [2.75, 3.05) is 0 Å². The molecule has 0 saturated heterocycles. The molecule has 2 nitrogen and oxygen atoms in total. The molecule has 88 valence electrons. The molecule has 0 saturated carbocycles. The van der Waals surface area contributed by atoms with Crippen LogP contribution in [0.1, 0.15) is 28.4 Å². The normalized spacial score (nSPS) is 12.5. The Morgan fingerprint density at radius 1 is 1.18 bits per heavy atom. The highest BCUT2D eigenvalue weighted by molar-refractivity contribution is 9.10. The topological polar surface area (TPSA) is 33.1 Å². The van der Waals surface area contributed by atoms with Gasteiger partial charge in [0.1, 0.15) is 6.10 Å². The van der Waals surface area contributed by atoms with Crippen LogP contribution >= 0.6 is 15.9 Å². The number of aryl methyl sites for hydroxylation is 2. The Morgan fingerprint density at radius 3 is 2.65 bits per heavy atom. The average molecular weight is 292 g/mol. The van der Waals surface area contributed by atoms with E-state index in [1.54, 1.807) is 12.4 Å². The lowest BCUT2D eigenvalue weighted by Crippen LogP contribution is -2.03. The third kappa shape index (κ3) is 2.73. The summed E-state index contributed by atoms with van der Waals surface area (Å²) in [4.78, 5) is 4.11. The molecule has 17 heavy (non-hydrogen) atoms. The second-order valence-corrected chi connectivity index (χ2v) is 5.11. The van der Waals surface area contributed by atoms with Gasteiger partial charge in [0.2, 0.25) is 0 Å². The molecular weight excluding hydrogens is 278 g/mol. The van der Waals surface area contributed by atoms with Crippen molar-refractivity contribution in [3.05, 3.63) is 63.4 Å². The Balaban J connectivity index is 2.43. The largest absolute Gasteiger partial charge is 0.384 e. The van der Waals surface area contributed by atoms with Crippen molar-refractivity contribution in [1.29, 1.82) is 0 Å². The molecule has 1 aromatic heterocycles. The van der Waals surface area contributed by atoms with Crippen molar-refractivity contribution in [2.24, 2.45) is 0 Å². The lowest BCUT2D eigenvalue weighted by molar-refractivity contribution is 0.219. The van der Waals surface area contributed by atoms with Crippen LogP contribution in [0.25, 0.3) is 0 Å². The Morgan fingerprint density at radius 2 is 1.94 bits per heavy atom. The van der Waals surface area contributed by atoms with Gasteiger partial charge in [0.05, 0.1) is 0 Å². The first-order chi connectivity index (χ1) is 8.08. The first-order valence-electron chi connectivity index (χ1n) is 5.43. The third-order valence-electron chi connectivity index (χ3n) is 2.75. The molecule has 1 atom stereocenters. The van der Waals surface area contributed by atoms with Crippen LogP contribution in [0.5, 0.6) is 0 Å². The van der Waals surface area contributed by atoms with Gasteiger partial charge in [-0.25, -0.2) is 0 Å². The van der Waals surface area contributed by atoms with Crippen molar-refractivity contribution < 1.29 is 5.11 Å². The fourth-order valence-corrected chi connectivity index (χ4v) is 2.19. The van der Waals surface area contributed by atoms with Gasteiger partial charge in [-0.1, -0.05) is 28.1 Å². The minimum Gasteiger partial charge on any atom is -0.384 e. The molecule has 2 aromatic rings. The van der Waals surface area contributed by atoms with Gasteiger partial charge in [-0.15, -0.1) is 0 Å². The highest BCUT2D eigenvalue weighted by Crippen LogP contribution is 2.27. The summed E-state index contributed by atoms with van der Waals surface area (Å²) in [6.45, 7) is 3.96. The zero-order valence-electron chi connectivity index (χ0n) is 9.81. The van der Waals surface area contributed by atoms with Crippen LogP contribution in [0.15, 0.2) is 41.1 Å². The Labute approximate surface area is 109 Å². The average Bonchev–Trinajstić information content (AvgIpc) is 2.31. The number of benzene rings is 1. The van der Waals surface area contributed by atoms with Crippen LogP contribution in [-0.4, -0.2) is 10.1 Å². The smallest absolute Gasteiger partial charge is 0.106 e. The zero-order chi connectivity index (χ0) is 12.4. The number of nitrogens with zero attached hydrogens (tertiary/aromatic N) is 1. The van der Waals surface area contributed by atoms with Crippen LogP contribution in [0.3, 0.4) is 0 Å². The molecule has 1 unspecified atom stereocenters. The van der Waals surface area contributed by atoms with E-state index in [0.717, 1.165) is 26.7 Å². The zero-order valence-corrected chi connectivity index (χ0v) is 11.4. The van der Waals surface area contributed by atoms with Gasteiger partial charge in [0.15, 0.2) is 0 Å². The minimum absolute atomic E-state index is 0.625. The Hall–Kier alpha value is -1.19. The monoisotopic (exact) mass is 291 g/mol. The third-order valence-corrected chi connectivity index (χ3v) is 3.24. The van der Waals surface area contributed by atoms with Crippen molar-refractivity contribution in [3.63, 3.8) is 0 Å². The van der Waals surface area contributed by atoms with Crippen molar-refractivity contribution in [1.82, 2.24) is 4.98 Å². The first-order valence-corrected chi connectivity index (χ1v) is 6.23. The summed E-state index contributed by atoms with van der Waals surface area (Å²) in [6, 6.07) is 7.87. The van der Waals surface area contributed by atoms with Gasteiger partial charge in [-0.05, 0) is 42.7 Å². The molecule has 0 aliphatic rings. The van der Waals surface area contributed by atoms with Crippen molar-refractivity contribution in [2.45, 2.75) is 20.0 Å². The predicted octanol–water partition coefficient (Wildman–Crippen LogP) is 3.54. The minimum atomic E-state index is -0.625. The molecular formula is C14H14BrNO. The number of aliphatic hydroxyl groups excluding tert-OH is 1. The number of halogens is 1. The Bertz CT molecular complexity index is 539. The van der Waals surface area contributed by atoms with Gasteiger partial charge in [0, 0.05) is 22.4 Å². The highest BCUT2D eigenvalue weighted by atomic mass is 79.9. The van der Waals surface area contributed by atoms with E-state index >= 15 is 0 Å². The fourth-order valence-electron chi connectivity index (χ4n) is 1.81. The summed E-state index contributed by atoms with van der Waals surface area (Å²) in [7, 11) is 0. The lowest BCUT2D eigenvalue weighted by atomic mass is 9.98. The number of rotatable bonds is 2. The van der Waals surface area contributed by atoms with Crippen LogP contribution in [0.4, 0.5) is 0 Å². The van der Waals surface area contributed by atoms with E-state index in [-0.39, 0.29) is 0 Å². The van der Waals surface area contributed by atoms with E-state index in [1.165, 1.54) is 0 Å². The molecule has 3 heteroatoms. The van der Waals surface area contributed by atoms with Gasteiger partial charge in [0.25, 0.3) is 0 Å². The summed E-state index contributed by atoms with van der Waals surface area (Å²) in [5, 5.41) is 10.4. The summed E-state index contributed by atoms with van der Waals surface area (Å²) in [5.41, 5.74) is 3.86. The van der Waals surface area contributed by atoms with Crippen LogP contribution in [0.2, 0.25) is 0 Å². The predicted molar refractivity (Wildman–Crippen MR) is 71.9 cm³/mol. The van der Waals surface area contributed by atoms with E-state index in [1.807, 2.05) is 38.1 Å². The molecule has 0 spiro atoms. The summed E-state index contributed by atoms with van der Waals surface area (Å²) < 4.78 is 0.970. The molecule has 0 radical (unpaired) electrons. The maximum Gasteiger partial charge on any atom is 0.106 e. The molecule has 0 aliphatic carbocycles.